The van der Waals surface area contributed by atoms with Gasteiger partial charge in [0.2, 0.25) is 0 Å². The first-order valence-corrected chi connectivity index (χ1v) is 14.1. The van der Waals surface area contributed by atoms with Crippen molar-refractivity contribution in [1.82, 2.24) is 0 Å². The lowest BCUT2D eigenvalue weighted by Gasteiger charge is -2.39. The highest BCUT2D eigenvalue weighted by atomic mass is 35.5. The van der Waals surface area contributed by atoms with Crippen LogP contribution in [-0.4, -0.2) is 24.8 Å². The molecule has 3 aromatic rings. The van der Waals surface area contributed by atoms with Gasteiger partial charge in [-0.25, -0.2) is 8.42 Å². The molecule has 0 aliphatic heterocycles. The van der Waals surface area contributed by atoms with E-state index in [0.717, 1.165) is 5.56 Å². The van der Waals surface area contributed by atoms with Crippen molar-refractivity contribution >= 4 is 38.7 Å². The first-order chi connectivity index (χ1) is 17.2. The molecule has 0 radical (unpaired) electrons. The zero-order valence-electron chi connectivity index (χ0n) is 22.1. The summed E-state index contributed by atoms with van der Waals surface area (Å²) in [5.41, 5.74) is 1.69. The largest absolute Gasteiger partial charge is 0.506 e. The van der Waals surface area contributed by atoms with Gasteiger partial charge in [-0.2, -0.15) is 0 Å². The smallest absolute Gasteiger partial charge is 0.255 e. The molecule has 0 aromatic heterocycles. The van der Waals surface area contributed by atoms with Gasteiger partial charge in [0.1, 0.15) is 11.1 Å². The van der Waals surface area contributed by atoms with Crippen LogP contribution in [0.3, 0.4) is 0 Å². The van der Waals surface area contributed by atoms with E-state index in [1.807, 2.05) is 12.1 Å². The number of sulfone groups is 1. The molecule has 3 aromatic carbocycles. The van der Waals surface area contributed by atoms with Crippen molar-refractivity contribution in [2.75, 3.05) is 10.6 Å². The molecule has 0 saturated heterocycles. The monoisotopic (exact) mass is 542 g/mol. The maximum absolute atomic E-state index is 13.5. The summed E-state index contributed by atoms with van der Waals surface area (Å²) in [6.45, 7) is 12.5. The zero-order chi connectivity index (χ0) is 27.6. The molecule has 198 valence electrons. The molecule has 1 atom stereocenters. The lowest BCUT2D eigenvalue weighted by atomic mass is 9.65. The Balaban J connectivity index is 1.83. The molecule has 6 nitrogen and oxygen atoms in total. The van der Waals surface area contributed by atoms with Crippen LogP contribution in [0.25, 0.3) is 0 Å². The van der Waals surface area contributed by atoms with Crippen LogP contribution < -0.4 is 10.6 Å². The van der Waals surface area contributed by atoms with Gasteiger partial charge in [-0.05, 0) is 53.1 Å². The van der Waals surface area contributed by atoms with Crippen molar-refractivity contribution < 1.29 is 18.3 Å². The van der Waals surface area contributed by atoms with Gasteiger partial charge >= 0.3 is 0 Å². The molecule has 1 amide bonds. The third-order valence-corrected chi connectivity index (χ3v) is 9.65. The summed E-state index contributed by atoms with van der Waals surface area (Å²) in [4.78, 5) is 12.7. The van der Waals surface area contributed by atoms with E-state index in [4.69, 9.17) is 11.6 Å². The summed E-state index contributed by atoms with van der Waals surface area (Å²) in [6.07, 6.45) is 0.265. The molecule has 3 N–H and O–H groups in total. The van der Waals surface area contributed by atoms with Crippen LogP contribution in [0.5, 0.6) is 5.75 Å². The number of halogens is 1. The molecule has 0 heterocycles. The maximum Gasteiger partial charge on any atom is 0.255 e. The second-order valence-corrected chi connectivity index (χ2v) is 13.2. The quantitative estimate of drug-likeness (QED) is 0.261. The third-order valence-electron chi connectivity index (χ3n) is 7.21. The molecule has 37 heavy (non-hydrogen) atoms. The minimum atomic E-state index is -3.76. The molecule has 0 aliphatic carbocycles. The van der Waals surface area contributed by atoms with Gasteiger partial charge in [0, 0.05) is 11.6 Å². The zero-order valence-corrected chi connectivity index (χ0v) is 23.7. The van der Waals surface area contributed by atoms with Crippen molar-refractivity contribution in [2.45, 2.75) is 63.6 Å². The number of hydrogen-bond donors (Lipinski definition) is 3. The summed E-state index contributed by atoms with van der Waals surface area (Å²) >= 11 is 6.42. The highest BCUT2D eigenvalue weighted by molar-refractivity contribution is 7.92. The number of carbonyl (C=O) groups excluding carboxylic acids is 1. The van der Waals surface area contributed by atoms with Gasteiger partial charge in [-0.1, -0.05) is 83.5 Å². The van der Waals surface area contributed by atoms with Crippen molar-refractivity contribution in [3.63, 3.8) is 0 Å². The van der Waals surface area contributed by atoms with Gasteiger partial charge in [0.15, 0.2) is 9.84 Å². The van der Waals surface area contributed by atoms with E-state index in [1.54, 1.807) is 49.4 Å². The van der Waals surface area contributed by atoms with Crippen molar-refractivity contribution in [2.24, 2.45) is 5.41 Å². The average Bonchev–Trinajstić information content (AvgIpc) is 2.84. The number of amides is 1. The lowest BCUT2D eigenvalue weighted by Crippen LogP contribution is -2.34. The van der Waals surface area contributed by atoms with Crippen molar-refractivity contribution in [3.8, 4) is 5.75 Å². The van der Waals surface area contributed by atoms with Gasteiger partial charge in [0.25, 0.3) is 5.91 Å². The molecule has 0 spiro atoms. The molecule has 1 unspecified atom stereocenters. The summed E-state index contributed by atoms with van der Waals surface area (Å²) in [7, 11) is -3.76. The van der Waals surface area contributed by atoms with Crippen LogP contribution in [0.2, 0.25) is 5.02 Å². The number of aromatic hydroxyl groups is 1. The fourth-order valence-corrected chi connectivity index (χ4v) is 5.57. The highest BCUT2D eigenvalue weighted by Gasteiger charge is 2.35. The van der Waals surface area contributed by atoms with E-state index < -0.39 is 21.1 Å². The molecular weight excluding hydrogens is 508 g/mol. The Hall–Kier alpha value is -3.03. The average molecular weight is 543 g/mol. The van der Waals surface area contributed by atoms with Crippen LogP contribution in [0.4, 0.5) is 11.4 Å². The first-order valence-electron chi connectivity index (χ1n) is 12.2. The Kier molecular flexibility index (Phi) is 8.30. The maximum atomic E-state index is 13.5. The number of phenols is 1. The van der Waals surface area contributed by atoms with Gasteiger partial charge in [-0.15, -0.1) is 0 Å². The summed E-state index contributed by atoms with van der Waals surface area (Å²) < 4.78 is 26.9. The second kappa shape index (κ2) is 10.8. The van der Waals surface area contributed by atoms with Gasteiger partial charge in [0.05, 0.1) is 21.3 Å². The van der Waals surface area contributed by atoms with Crippen LogP contribution in [0.15, 0.2) is 71.6 Å². The Morgan fingerprint density at radius 1 is 0.946 bits per heavy atom. The minimum absolute atomic E-state index is 0.00756. The van der Waals surface area contributed by atoms with Crippen LogP contribution in [0, 0.1) is 5.41 Å². The minimum Gasteiger partial charge on any atom is -0.506 e. The predicted octanol–water partition coefficient (Wildman–Crippen LogP) is 7.24. The Labute approximate surface area is 225 Å². The van der Waals surface area contributed by atoms with Crippen molar-refractivity contribution in [1.29, 1.82) is 0 Å². The number of hydrogen-bond acceptors (Lipinski definition) is 5. The van der Waals surface area contributed by atoms with E-state index in [1.165, 1.54) is 12.1 Å². The topological polar surface area (TPSA) is 95.5 Å². The van der Waals surface area contributed by atoms with E-state index >= 15 is 0 Å². The molecule has 0 saturated carbocycles. The standard InChI is InChI=1S/C29H35ClN2O4S/c1-7-26(37(35,36)21-15-13-20(14-16-21)29(5,6)28(2,3)4)31-23-18-25(33)24(17-22(23)30)32-27(34)19-11-9-8-10-12-19/h8-18,26,31,33H,7H2,1-6H3,(H,32,34). The molecular formula is C29H35ClN2O4S. The number of phenolic OH excluding ortho intramolecular Hbond substituents is 1. The molecule has 0 bridgehead atoms. The number of rotatable bonds is 8. The number of carbonyl (C=O) groups is 1. The van der Waals surface area contributed by atoms with Crippen LogP contribution >= 0.6 is 11.6 Å². The summed E-state index contributed by atoms with van der Waals surface area (Å²) in [5, 5.41) is 15.3. The summed E-state index contributed by atoms with van der Waals surface area (Å²) in [6, 6.07) is 18.3. The Morgan fingerprint density at radius 3 is 2.08 bits per heavy atom. The third kappa shape index (κ3) is 6.11. The highest BCUT2D eigenvalue weighted by Crippen LogP contribution is 2.41. The van der Waals surface area contributed by atoms with Crippen molar-refractivity contribution in [3.05, 3.63) is 82.9 Å². The van der Waals surface area contributed by atoms with Gasteiger partial charge in [-0.3, -0.25) is 4.79 Å². The number of benzene rings is 3. The fraction of sp³-hybridized carbons (Fsp3) is 0.345. The Morgan fingerprint density at radius 2 is 1.54 bits per heavy atom. The first kappa shape index (κ1) is 28.5. The Bertz CT molecular complexity index is 1360. The van der Waals surface area contributed by atoms with E-state index in [2.05, 4.69) is 45.3 Å². The van der Waals surface area contributed by atoms with Gasteiger partial charge < -0.3 is 15.7 Å². The predicted molar refractivity (Wildman–Crippen MR) is 151 cm³/mol. The van der Waals surface area contributed by atoms with Crippen LogP contribution in [0.1, 0.15) is 63.9 Å². The molecule has 8 heteroatoms. The fourth-order valence-electron chi connectivity index (χ4n) is 3.79. The van der Waals surface area contributed by atoms with Crippen LogP contribution in [-0.2, 0) is 15.3 Å². The van der Waals surface area contributed by atoms with E-state index in [-0.39, 0.29) is 44.3 Å². The van der Waals surface area contributed by atoms with E-state index in [9.17, 15) is 18.3 Å². The summed E-state index contributed by atoms with van der Waals surface area (Å²) in [5.74, 6) is -0.642. The SMILES string of the molecule is CCC(Nc1cc(O)c(NC(=O)c2ccccc2)cc1Cl)S(=O)(=O)c1ccc(C(C)(C)C(C)(C)C)cc1. The van der Waals surface area contributed by atoms with E-state index in [0.29, 0.717) is 5.56 Å². The lowest BCUT2D eigenvalue weighted by molar-refractivity contribution is 0.102. The normalized spacial score (nSPS) is 13.2. The number of anilines is 2. The number of nitrogens with one attached hydrogen (secondary N) is 2. The molecule has 3 rings (SSSR count). The molecule has 0 aliphatic rings. The second-order valence-electron chi connectivity index (χ2n) is 10.7. The molecule has 0 fully saturated rings.